The molecule has 67 heavy (non-hydrogen) atoms. The monoisotopic (exact) mass is 1010 g/mol. The summed E-state index contributed by atoms with van der Waals surface area (Å²) in [5, 5.41) is 72.2. The molecule has 0 saturated heterocycles. The van der Waals surface area contributed by atoms with Gasteiger partial charge in [0.05, 0.1) is 50.6 Å². The fraction of sp³-hybridized carbons (Fsp3) is 0.0588. The van der Waals surface area contributed by atoms with Crippen LogP contribution in [0.4, 0.5) is 34.1 Å². The van der Waals surface area contributed by atoms with Crippen LogP contribution in [0, 0.1) is 5.21 Å². The van der Waals surface area contributed by atoms with Gasteiger partial charge in [0.25, 0.3) is 0 Å². The number of aromatic hydroxyl groups is 4. The van der Waals surface area contributed by atoms with E-state index in [1.165, 1.54) is 6.07 Å². The number of hydrogen-bond acceptors (Lipinski definition) is 24. The van der Waals surface area contributed by atoms with Gasteiger partial charge in [-0.15, -0.1) is 20.5 Å². The molecule has 6 aromatic rings. The number of fused-ring (bicyclic) bond motifs is 2. The van der Waals surface area contributed by atoms with Gasteiger partial charge in [0.15, 0.2) is 17.2 Å². The third-order valence-corrected chi connectivity index (χ3v) is 11.9. The smallest absolute Gasteiger partial charge is 0.744 e. The quantitative estimate of drug-likeness (QED) is 0.0291. The molecule has 0 radical (unpaired) electrons. The molecule has 0 saturated carbocycles. The summed E-state index contributed by atoms with van der Waals surface area (Å²) in [7, 11) is -19.0. The third kappa shape index (κ3) is 12.8. The number of phenolic OH excluding ortho intramolecular Hbond substituents is 4. The van der Waals surface area contributed by atoms with Crippen molar-refractivity contribution >= 4 is 96.1 Å². The van der Waals surface area contributed by atoms with Crippen LogP contribution in [-0.2, 0) is 40.5 Å². The van der Waals surface area contributed by atoms with Crippen molar-refractivity contribution in [3.63, 3.8) is 0 Å². The molecule has 6 rings (SSSR count). The number of ether oxygens (including phenoxy) is 2. The molecule has 0 aromatic heterocycles. The number of phenols is 4. The standard InChI is InChI=1S/C34H26N6O19S4.2Li.2Na/c1-58-25-11-17(3-5-21(25)35-37-31-27(62(52,53)54)9-15-7-19(60(46,47)48)13-23(41)29(15)33(31)43)39-40(45)18-4-6-22(26(12-18)59-2)36-38-32-28(63(55,56)57)10-16-8-20(61(49,50)51)14-24(42)30(16)34(32)44;;;;/h3-14,41-44H,1-2H3,(H,46,47,48)(H,49,50,51)(H,52,53,54)(H,55,56,57);;;;/q;4*+1/p-4. The molecular formula is C34H22Li2N6Na2O19S4. The van der Waals surface area contributed by atoms with Crippen molar-refractivity contribution < 1.29 is 183 Å². The number of benzene rings is 6. The summed E-state index contributed by atoms with van der Waals surface area (Å²) in [5.41, 5.74) is -2.72. The van der Waals surface area contributed by atoms with Gasteiger partial charge in [-0.25, -0.2) is 33.7 Å². The van der Waals surface area contributed by atoms with Crippen LogP contribution in [0.2, 0.25) is 0 Å². The molecule has 0 aliphatic heterocycles. The Morgan fingerprint density at radius 2 is 0.910 bits per heavy atom. The maximum Gasteiger partial charge on any atom is 1.00 e. The van der Waals surface area contributed by atoms with Gasteiger partial charge in [0, 0.05) is 17.2 Å². The number of hydrogen-bond donors (Lipinski definition) is 4. The zero-order valence-electron chi connectivity index (χ0n) is 35.2. The number of rotatable bonds is 12. The zero-order valence-corrected chi connectivity index (χ0v) is 42.4. The van der Waals surface area contributed by atoms with Gasteiger partial charge in [-0.3, -0.25) is 0 Å². The average molecular weight is 1010 g/mol. The summed E-state index contributed by atoms with van der Waals surface area (Å²) in [6, 6.07) is 10.2. The predicted molar refractivity (Wildman–Crippen MR) is 206 cm³/mol. The minimum atomic E-state index is -5.48. The van der Waals surface area contributed by atoms with Crippen LogP contribution in [0.1, 0.15) is 0 Å². The van der Waals surface area contributed by atoms with Crippen LogP contribution in [-0.4, -0.2) is 91.4 Å². The first-order valence-corrected chi connectivity index (χ1v) is 22.1. The minimum Gasteiger partial charge on any atom is -0.744 e. The first-order chi connectivity index (χ1) is 29.2. The van der Waals surface area contributed by atoms with Crippen molar-refractivity contribution in [3.8, 4) is 34.5 Å². The summed E-state index contributed by atoms with van der Waals surface area (Å²) < 4.78 is 152. The molecule has 0 bridgehead atoms. The minimum absolute atomic E-state index is 0. The first-order valence-electron chi connectivity index (χ1n) is 16.5. The van der Waals surface area contributed by atoms with Gasteiger partial charge in [0.2, 0.25) is 5.69 Å². The Balaban J connectivity index is 0.00000385. The Morgan fingerprint density at radius 3 is 1.28 bits per heavy atom. The van der Waals surface area contributed by atoms with E-state index in [2.05, 4.69) is 25.6 Å². The summed E-state index contributed by atoms with van der Waals surface area (Å²) in [4.78, 5) is -4.34. The summed E-state index contributed by atoms with van der Waals surface area (Å²) in [6.45, 7) is 0. The van der Waals surface area contributed by atoms with Gasteiger partial charge in [-0.1, -0.05) is 0 Å². The molecule has 0 heterocycles. The molecule has 0 unspecified atom stereocenters. The van der Waals surface area contributed by atoms with Crippen molar-refractivity contribution in [3.05, 3.63) is 78.0 Å². The maximum absolute atomic E-state index is 13.1. The van der Waals surface area contributed by atoms with Gasteiger partial charge in [-0.05, 0) is 70.2 Å². The molecule has 330 valence electrons. The fourth-order valence-electron chi connectivity index (χ4n) is 5.79. The average Bonchev–Trinajstić information content (AvgIpc) is 3.18. The van der Waals surface area contributed by atoms with Crippen LogP contribution in [0.15, 0.2) is 118 Å². The Kier molecular flexibility index (Phi) is 19.6. The van der Waals surface area contributed by atoms with E-state index in [1.54, 1.807) is 0 Å². The molecule has 0 fully saturated rings. The molecule has 33 heteroatoms. The van der Waals surface area contributed by atoms with Gasteiger partial charge >= 0.3 is 96.8 Å². The molecule has 0 aliphatic rings. The Morgan fingerprint density at radius 1 is 0.522 bits per heavy atom. The molecule has 4 N–H and O–H groups in total. The first kappa shape index (κ1) is 59.2. The largest absolute Gasteiger partial charge is 1.00 e. The topological polar surface area (TPSA) is 416 Å². The molecule has 25 nitrogen and oxygen atoms in total. The molecule has 6 aromatic carbocycles. The van der Waals surface area contributed by atoms with Crippen LogP contribution >= 0.6 is 0 Å². The van der Waals surface area contributed by atoms with Crippen molar-refractivity contribution in [2.75, 3.05) is 14.2 Å². The van der Waals surface area contributed by atoms with Crippen LogP contribution in [0.3, 0.4) is 0 Å². The summed E-state index contributed by atoms with van der Waals surface area (Å²) >= 11 is 0. The number of azo groups is 3. The van der Waals surface area contributed by atoms with E-state index < -0.39 is 116 Å². The van der Waals surface area contributed by atoms with E-state index in [4.69, 9.17) is 9.47 Å². The molecule has 0 atom stereocenters. The molecule has 0 amide bonds. The summed E-state index contributed by atoms with van der Waals surface area (Å²) in [6.07, 6.45) is 0. The predicted octanol–water partition coefficient (Wildman–Crippen LogP) is -6.78. The fourth-order valence-corrected chi connectivity index (χ4v) is 8.14. The Hall–Kier alpha value is -3.93. The van der Waals surface area contributed by atoms with Gasteiger partial charge < -0.3 is 53.3 Å². The van der Waals surface area contributed by atoms with E-state index in [0.29, 0.717) is 36.4 Å². The van der Waals surface area contributed by atoms with Crippen LogP contribution in [0.5, 0.6) is 34.5 Å². The van der Waals surface area contributed by atoms with E-state index in [9.17, 15) is 77.5 Å². The van der Waals surface area contributed by atoms with E-state index in [0.717, 1.165) is 44.6 Å². The normalized spacial score (nSPS) is 12.3. The second kappa shape index (κ2) is 22.2. The summed E-state index contributed by atoms with van der Waals surface area (Å²) in [5.74, 6) is -4.60. The van der Waals surface area contributed by atoms with Crippen LogP contribution < -0.4 is 106 Å². The van der Waals surface area contributed by atoms with Gasteiger partial charge in [0.1, 0.15) is 86.2 Å². The van der Waals surface area contributed by atoms with Crippen molar-refractivity contribution in [1.82, 2.24) is 0 Å². The Bertz CT molecular complexity index is 3510. The molecule has 0 aliphatic carbocycles. The van der Waals surface area contributed by atoms with Crippen LogP contribution in [0.25, 0.3) is 21.5 Å². The molecule has 0 spiro atoms. The van der Waals surface area contributed by atoms with Crippen molar-refractivity contribution in [2.24, 2.45) is 25.6 Å². The third-order valence-electron chi connectivity index (χ3n) is 8.59. The zero-order chi connectivity index (χ0) is 46.6. The second-order valence-corrected chi connectivity index (χ2v) is 18.0. The Labute approximate surface area is 446 Å². The second-order valence-electron chi connectivity index (χ2n) is 12.5. The maximum atomic E-state index is 13.1. The van der Waals surface area contributed by atoms with E-state index >= 15 is 0 Å². The van der Waals surface area contributed by atoms with E-state index in [-0.39, 0.29) is 136 Å². The van der Waals surface area contributed by atoms with E-state index in [1.807, 2.05) is 0 Å². The SMILES string of the molecule is COc1cc(N=[N+]([O-])c2ccc(N=Nc3c(S(=O)(=O)[O-])cc4cc(S(=O)(=O)[O-])cc(O)c4c3O)c(OC)c2)ccc1N=Nc1c(S(=O)(=O)[O-])cc2cc(S(=O)(=O)[O-])cc(O)c2c1O.[Li+].[Li+].[Na+].[Na+]. The molecular weight excluding hydrogens is 985 g/mol. The number of nitrogens with zero attached hydrogens (tertiary/aromatic N) is 6. The van der Waals surface area contributed by atoms with Crippen molar-refractivity contribution in [2.45, 2.75) is 19.6 Å². The number of methoxy groups -OCH3 is 2. The van der Waals surface area contributed by atoms with Crippen molar-refractivity contribution in [1.29, 1.82) is 0 Å². The van der Waals surface area contributed by atoms with Gasteiger partial charge in [-0.2, -0.15) is 0 Å².